The van der Waals surface area contributed by atoms with Gasteiger partial charge < -0.3 is 27.7 Å². The standard InChI is InChI=1S/Ba.Mg.H4O4Si.Sr.6H/c;;1-5(2,3)4;;;;;;;/h;;1-4H;;;;;;;/q2*+2;;+2;6*-1. The van der Waals surface area contributed by atoms with Crippen LogP contribution in [0.15, 0.2) is 0 Å². The van der Waals surface area contributed by atoms with Crippen molar-refractivity contribution >= 4 is 126 Å². The molecule has 0 saturated heterocycles. The van der Waals surface area contributed by atoms with Crippen LogP contribution < -0.4 is 0 Å². The van der Waals surface area contributed by atoms with Gasteiger partial charge in [0.1, 0.15) is 0 Å². The Balaban J connectivity index is -0.00000000222. The van der Waals surface area contributed by atoms with Crippen LogP contribution in [0.3, 0.4) is 0 Å². The van der Waals surface area contributed by atoms with E-state index in [1.54, 1.807) is 0 Å². The number of rotatable bonds is 0. The summed E-state index contributed by atoms with van der Waals surface area (Å²) in [6, 6.07) is 0. The van der Waals surface area contributed by atoms with Crippen LogP contribution in [0, 0.1) is 0 Å². The molecule has 0 aliphatic carbocycles. The second kappa shape index (κ2) is 10.9. The molecule has 4 N–H and O–H groups in total. The van der Waals surface area contributed by atoms with Gasteiger partial charge in [0.25, 0.3) is 0 Å². The van der Waals surface area contributed by atoms with Gasteiger partial charge in [-0.1, -0.05) is 0 Å². The molecule has 0 amide bonds. The van der Waals surface area contributed by atoms with E-state index in [1.165, 1.54) is 0 Å². The topological polar surface area (TPSA) is 80.9 Å². The van der Waals surface area contributed by atoms with E-state index in [-0.39, 0.29) is 126 Å². The Morgan fingerprint density at radius 1 is 1.00 bits per heavy atom. The molecule has 0 bridgehead atoms. The third-order valence-electron chi connectivity index (χ3n) is 0. The van der Waals surface area contributed by atoms with E-state index in [1.807, 2.05) is 0 Å². The largest absolute Gasteiger partial charge is 2.00 e. The quantitative estimate of drug-likeness (QED) is 0.349. The first-order valence-electron chi connectivity index (χ1n) is 0.894. The summed E-state index contributed by atoms with van der Waals surface area (Å²) in [4.78, 5) is 29.3. The first-order chi connectivity index (χ1) is 2.00. The van der Waals surface area contributed by atoms with Crippen LogP contribution in [0.1, 0.15) is 8.56 Å². The van der Waals surface area contributed by atoms with E-state index in [9.17, 15) is 0 Å². The van der Waals surface area contributed by atoms with Crippen LogP contribution in [0.5, 0.6) is 0 Å². The summed E-state index contributed by atoms with van der Waals surface area (Å²) in [5, 5.41) is 0. The third-order valence-corrected chi connectivity index (χ3v) is 0. The van der Waals surface area contributed by atoms with E-state index in [4.69, 9.17) is 19.2 Å². The van der Waals surface area contributed by atoms with E-state index in [0.29, 0.717) is 0 Å². The van der Waals surface area contributed by atoms with Crippen molar-refractivity contribution in [3.8, 4) is 0 Å². The minimum Gasteiger partial charge on any atom is -1.00 e. The smallest absolute Gasteiger partial charge is 1.00 e. The van der Waals surface area contributed by atoms with E-state index in [2.05, 4.69) is 0 Å². The Morgan fingerprint density at radius 3 is 1.00 bits per heavy atom. The summed E-state index contributed by atoms with van der Waals surface area (Å²) >= 11 is 0. The Hall–Kier alpha value is 3.88. The number of hydrogen-bond acceptors (Lipinski definition) is 4. The Bertz CT molecular complexity index is 45.3. The molecule has 0 aromatic rings. The maximum absolute atomic E-state index is 7.33. The fraction of sp³-hybridized carbons (Fsp3) is 0. The molecule has 0 rings (SSSR count). The van der Waals surface area contributed by atoms with Crippen LogP contribution in [0.2, 0.25) is 0 Å². The van der Waals surface area contributed by atoms with Crippen LogP contribution in [-0.2, 0) is 0 Å². The maximum atomic E-state index is 7.33. The molecule has 0 aromatic heterocycles. The summed E-state index contributed by atoms with van der Waals surface area (Å²) in [6.45, 7) is 0. The van der Waals surface area contributed by atoms with Crippen molar-refractivity contribution in [2.45, 2.75) is 0 Å². The Morgan fingerprint density at radius 2 is 1.00 bits per heavy atom. The fourth-order valence-electron chi connectivity index (χ4n) is 0. The van der Waals surface area contributed by atoms with Crippen molar-refractivity contribution in [2.24, 2.45) is 0 Å². The van der Waals surface area contributed by atoms with Gasteiger partial charge >= 0.3 is 126 Å². The van der Waals surface area contributed by atoms with Gasteiger partial charge in [-0.25, -0.2) is 0 Å². The van der Waals surface area contributed by atoms with Crippen LogP contribution in [-0.4, -0.2) is 146 Å². The average Bonchev–Trinajstić information content (AvgIpc) is 0.722. The predicted octanol–water partition coefficient (Wildman–Crippen LogP) is -3.08. The van der Waals surface area contributed by atoms with Gasteiger partial charge in [0.05, 0.1) is 0 Å². The van der Waals surface area contributed by atoms with E-state index in [0.717, 1.165) is 0 Å². The van der Waals surface area contributed by atoms with Gasteiger partial charge in [-0.3, -0.25) is 0 Å². The Labute approximate surface area is 151 Å². The number of hydrogen-bond donors (Lipinski definition) is 4. The van der Waals surface area contributed by atoms with Crippen LogP contribution in [0.4, 0.5) is 0 Å². The summed E-state index contributed by atoms with van der Waals surface area (Å²) in [6.07, 6.45) is 0. The first kappa shape index (κ1) is 22.6. The molecular weight excluding hydrogens is 341 g/mol. The minimum absolute atomic E-state index is 0. The van der Waals surface area contributed by atoms with Gasteiger partial charge in [-0.15, -0.1) is 0 Å². The normalized spacial score (nSPS) is 7.50. The van der Waals surface area contributed by atoms with Crippen molar-refractivity contribution in [2.75, 3.05) is 0 Å². The molecule has 4 nitrogen and oxygen atoms in total. The molecule has 0 heterocycles. The molecule has 0 aromatic carbocycles. The van der Waals surface area contributed by atoms with E-state index < -0.39 is 9.05 Å². The average molecular weight is 351 g/mol. The van der Waals surface area contributed by atoms with Crippen LogP contribution in [0.25, 0.3) is 0 Å². The summed E-state index contributed by atoms with van der Waals surface area (Å²) in [7, 11) is -4.61. The van der Waals surface area contributed by atoms with E-state index >= 15 is 0 Å². The van der Waals surface area contributed by atoms with Crippen molar-refractivity contribution in [1.29, 1.82) is 0 Å². The molecule has 0 radical (unpaired) electrons. The zero-order chi connectivity index (χ0) is 4.50. The minimum atomic E-state index is -4.61. The molecule has 0 aliphatic heterocycles. The monoisotopic (exact) mass is 352 g/mol. The van der Waals surface area contributed by atoms with Crippen molar-refractivity contribution in [1.82, 2.24) is 0 Å². The van der Waals surface area contributed by atoms with Gasteiger partial charge in [-0.05, 0) is 0 Å². The Kier molecular flexibility index (Phi) is 30.8. The molecule has 44 valence electrons. The van der Waals surface area contributed by atoms with Gasteiger partial charge in [0.2, 0.25) is 0 Å². The van der Waals surface area contributed by atoms with Crippen molar-refractivity contribution in [3.05, 3.63) is 0 Å². The predicted molar refractivity (Wildman–Crippen MR) is 38.6 cm³/mol. The molecule has 0 unspecified atom stereocenters. The maximum Gasteiger partial charge on any atom is 2.00 e. The third kappa shape index (κ3) is 51.8. The molecule has 0 spiro atoms. The molecule has 8 heavy (non-hydrogen) atoms. The zero-order valence-electron chi connectivity index (χ0n) is 10.4. The van der Waals surface area contributed by atoms with Crippen molar-refractivity contribution in [3.63, 3.8) is 0 Å². The van der Waals surface area contributed by atoms with Gasteiger partial charge in [-0.2, -0.15) is 0 Å². The second-order valence-electron chi connectivity index (χ2n) is 0.600. The van der Waals surface area contributed by atoms with Crippen LogP contribution >= 0.6 is 0 Å². The summed E-state index contributed by atoms with van der Waals surface area (Å²) < 4.78 is 0. The summed E-state index contributed by atoms with van der Waals surface area (Å²) in [5.74, 6) is 0. The molecule has 0 atom stereocenters. The molecule has 0 saturated carbocycles. The summed E-state index contributed by atoms with van der Waals surface area (Å²) in [5.41, 5.74) is 0. The molecule has 8 heteroatoms. The van der Waals surface area contributed by atoms with Gasteiger partial charge in [0.15, 0.2) is 0 Å². The first-order valence-corrected chi connectivity index (χ1v) is 2.68. The molecule has 0 fully saturated rings. The SMILES string of the molecule is O[Si](O)(O)O.[Ba+2].[H-].[H-].[H-].[H-].[H-].[H-].[Mg+2].[Sr+2]. The molecular formula is H10BaMgO4SiSr. The molecule has 0 aliphatic rings. The fourth-order valence-corrected chi connectivity index (χ4v) is 0. The zero-order valence-corrected chi connectivity index (χ0v) is 14.7. The van der Waals surface area contributed by atoms with Gasteiger partial charge in [0, 0.05) is 0 Å². The second-order valence-corrected chi connectivity index (χ2v) is 1.80. The van der Waals surface area contributed by atoms with Crippen molar-refractivity contribution < 1.29 is 27.7 Å².